The van der Waals surface area contributed by atoms with Crippen molar-refractivity contribution in [3.63, 3.8) is 0 Å². The van der Waals surface area contributed by atoms with Crippen LogP contribution in [0.1, 0.15) is 56.6 Å². The molecule has 1 aromatic heterocycles. The fraction of sp³-hybridized carbons (Fsp3) is 0.304. The lowest BCUT2D eigenvalue weighted by Crippen LogP contribution is -2.40. The summed E-state index contributed by atoms with van der Waals surface area (Å²) in [4.78, 5) is 13.2. The Kier molecular flexibility index (Phi) is 6.78. The number of anilines is 1. The molecule has 7 nitrogen and oxygen atoms in total. The molecular weight excluding hydrogens is 448 g/mol. The summed E-state index contributed by atoms with van der Waals surface area (Å²) in [7, 11) is -3.73. The number of nitrogens with one attached hydrogen (secondary N) is 2. The van der Waals surface area contributed by atoms with Gasteiger partial charge in [-0.2, -0.15) is 5.10 Å². The molecule has 0 saturated carbocycles. The highest BCUT2D eigenvalue weighted by Crippen LogP contribution is 2.26. The average Bonchev–Trinajstić information content (AvgIpc) is 3.12. The number of rotatable bonds is 6. The van der Waals surface area contributed by atoms with Gasteiger partial charge in [0.15, 0.2) is 0 Å². The number of amides is 1. The predicted octanol–water partition coefficient (Wildman–Crippen LogP) is 4.98. The summed E-state index contributed by atoms with van der Waals surface area (Å²) in [5, 5.41) is 7.76. The maximum absolute atomic E-state index is 13.1. The standard InChI is InChI=1S/C23H27ClN4O3S/c1-15(2)21-20(14-25-28(21)18-10-6-8-16(24)12-18)22(29)26-17-9-7-11-19(13-17)32(30,31)27-23(3,4)5/h6-15,27H,1-5H3,(H,26,29). The Morgan fingerprint density at radius 3 is 2.41 bits per heavy atom. The average molecular weight is 475 g/mol. The molecule has 3 aromatic rings. The van der Waals surface area contributed by atoms with Gasteiger partial charge in [0.25, 0.3) is 5.91 Å². The van der Waals surface area contributed by atoms with E-state index >= 15 is 0 Å². The molecule has 2 aromatic carbocycles. The Balaban J connectivity index is 1.92. The fourth-order valence-corrected chi connectivity index (χ4v) is 4.95. The molecular formula is C23H27ClN4O3S. The summed E-state index contributed by atoms with van der Waals surface area (Å²) in [6.07, 6.45) is 1.51. The first-order chi connectivity index (χ1) is 14.9. The lowest BCUT2D eigenvalue weighted by atomic mass is 10.0. The van der Waals surface area contributed by atoms with Crippen LogP contribution in [0.3, 0.4) is 0 Å². The number of carbonyl (C=O) groups is 1. The third-order valence-electron chi connectivity index (χ3n) is 4.49. The lowest BCUT2D eigenvalue weighted by Gasteiger charge is -2.20. The number of benzene rings is 2. The zero-order valence-corrected chi connectivity index (χ0v) is 20.3. The number of nitrogens with zero attached hydrogens (tertiary/aromatic N) is 2. The summed E-state index contributed by atoms with van der Waals surface area (Å²) in [6, 6.07) is 13.4. The molecule has 9 heteroatoms. The maximum atomic E-state index is 13.1. The number of carbonyl (C=O) groups excluding carboxylic acids is 1. The first-order valence-electron chi connectivity index (χ1n) is 10.2. The van der Waals surface area contributed by atoms with E-state index in [2.05, 4.69) is 15.1 Å². The molecule has 0 spiro atoms. The maximum Gasteiger partial charge on any atom is 0.259 e. The van der Waals surface area contributed by atoms with Crippen molar-refractivity contribution in [1.82, 2.24) is 14.5 Å². The minimum atomic E-state index is -3.73. The van der Waals surface area contributed by atoms with Crippen molar-refractivity contribution in [3.8, 4) is 5.69 Å². The zero-order chi connectivity index (χ0) is 23.7. The van der Waals surface area contributed by atoms with Crippen LogP contribution in [0.2, 0.25) is 5.02 Å². The second-order valence-electron chi connectivity index (χ2n) is 8.83. The third-order valence-corrected chi connectivity index (χ3v) is 6.48. The molecule has 0 bridgehead atoms. The second kappa shape index (κ2) is 9.05. The van der Waals surface area contributed by atoms with Crippen LogP contribution in [-0.4, -0.2) is 29.6 Å². The highest BCUT2D eigenvalue weighted by molar-refractivity contribution is 7.89. The lowest BCUT2D eigenvalue weighted by molar-refractivity contribution is 0.102. The van der Waals surface area contributed by atoms with E-state index in [1.54, 1.807) is 49.7 Å². The SMILES string of the molecule is CC(C)c1c(C(=O)Nc2cccc(S(=O)(=O)NC(C)(C)C)c2)cnn1-c1cccc(Cl)c1. The molecule has 0 saturated heterocycles. The first kappa shape index (κ1) is 24.0. The summed E-state index contributed by atoms with van der Waals surface area (Å²) in [5.74, 6) is -0.375. The summed E-state index contributed by atoms with van der Waals surface area (Å²) in [6.45, 7) is 9.24. The minimum absolute atomic E-state index is 0.0000654. The van der Waals surface area contributed by atoms with Crippen LogP contribution >= 0.6 is 11.6 Å². The number of hydrogen-bond acceptors (Lipinski definition) is 4. The third kappa shape index (κ3) is 5.56. The van der Waals surface area contributed by atoms with Gasteiger partial charge in [0.05, 0.1) is 28.0 Å². The molecule has 0 aliphatic rings. The van der Waals surface area contributed by atoms with Gasteiger partial charge < -0.3 is 5.32 Å². The molecule has 0 radical (unpaired) electrons. The zero-order valence-electron chi connectivity index (χ0n) is 18.7. The monoisotopic (exact) mass is 474 g/mol. The molecule has 1 amide bonds. The Hall–Kier alpha value is -2.68. The Labute approximate surface area is 193 Å². The van der Waals surface area contributed by atoms with Crippen molar-refractivity contribution < 1.29 is 13.2 Å². The Morgan fingerprint density at radius 1 is 1.09 bits per heavy atom. The van der Waals surface area contributed by atoms with Crippen molar-refractivity contribution >= 4 is 33.2 Å². The van der Waals surface area contributed by atoms with Crippen molar-refractivity contribution in [1.29, 1.82) is 0 Å². The van der Waals surface area contributed by atoms with E-state index in [0.717, 1.165) is 11.4 Å². The molecule has 32 heavy (non-hydrogen) atoms. The van der Waals surface area contributed by atoms with Crippen molar-refractivity contribution in [2.24, 2.45) is 0 Å². The van der Waals surface area contributed by atoms with E-state index in [9.17, 15) is 13.2 Å². The number of hydrogen-bond donors (Lipinski definition) is 2. The molecule has 170 valence electrons. The van der Waals surface area contributed by atoms with Crippen molar-refractivity contribution in [3.05, 3.63) is 71.0 Å². The van der Waals surface area contributed by atoms with Gasteiger partial charge in [-0.25, -0.2) is 17.8 Å². The molecule has 1 heterocycles. The van der Waals surface area contributed by atoms with Crippen LogP contribution in [0, 0.1) is 0 Å². The number of aromatic nitrogens is 2. The first-order valence-corrected chi connectivity index (χ1v) is 12.0. The molecule has 2 N–H and O–H groups in total. The Morgan fingerprint density at radius 2 is 1.78 bits per heavy atom. The normalized spacial score (nSPS) is 12.2. The van der Waals surface area contributed by atoms with E-state index in [1.807, 2.05) is 26.0 Å². The van der Waals surface area contributed by atoms with Gasteiger partial charge >= 0.3 is 0 Å². The molecule has 0 aliphatic carbocycles. The van der Waals surface area contributed by atoms with Crippen molar-refractivity contribution in [2.75, 3.05) is 5.32 Å². The second-order valence-corrected chi connectivity index (χ2v) is 10.9. The topological polar surface area (TPSA) is 93.1 Å². The number of halogens is 1. The van der Waals surface area contributed by atoms with Gasteiger partial charge in [-0.15, -0.1) is 0 Å². The van der Waals surface area contributed by atoms with E-state index < -0.39 is 15.6 Å². The molecule has 0 fully saturated rings. The Bertz CT molecular complexity index is 1240. The molecule has 0 unspecified atom stereocenters. The predicted molar refractivity (Wildman–Crippen MR) is 127 cm³/mol. The van der Waals surface area contributed by atoms with Crippen LogP contribution in [0.4, 0.5) is 5.69 Å². The van der Waals surface area contributed by atoms with Gasteiger partial charge in [-0.3, -0.25) is 4.79 Å². The van der Waals surface area contributed by atoms with Crippen LogP contribution in [0.25, 0.3) is 5.69 Å². The molecule has 0 aliphatic heterocycles. The molecule has 3 rings (SSSR count). The van der Waals surface area contributed by atoms with Gasteiger partial charge in [0, 0.05) is 16.2 Å². The van der Waals surface area contributed by atoms with Gasteiger partial charge in [0.2, 0.25) is 10.0 Å². The van der Waals surface area contributed by atoms with E-state index in [-0.39, 0.29) is 16.7 Å². The van der Waals surface area contributed by atoms with Gasteiger partial charge in [-0.05, 0) is 63.1 Å². The van der Waals surface area contributed by atoms with E-state index in [4.69, 9.17) is 11.6 Å². The van der Waals surface area contributed by atoms with Crippen LogP contribution in [0.15, 0.2) is 59.6 Å². The largest absolute Gasteiger partial charge is 0.322 e. The summed E-state index contributed by atoms with van der Waals surface area (Å²) >= 11 is 6.12. The highest BCUT2D eigenvalue weighted by atomic mass is 35.5. The van der Waals surface area contributed by atoms with Crippen molar-refractivity contribution in [2.45, 2.75) is 51.0 Å². The fourth-order valence-electron chi connectivity index (χ4n) is 3.30. The highest BCUT2D eigenvalue weighted by Gasteiger charge is 2.24. The van der Waals surface area contributed by atoms with Crippen LogP contribution < -0.4 is 10.0 Å². The van der Waals surface area contributed by atoms with Crippen LogP contribution in [0.5, 0.6) is 0 Å². The van der Waals surface area contributed by atoms with Crippen LogP contribution in [-0.2, 0) is 10.0 Å². The smallest absolute Gasteiger partial charge is 0.259 e. The minimum Gasteiger partial charge on any atom is -0.322 e. The van der Waals surface area contributed by atoms with Gasteiger partial charge in [0.1, 0.15) is 0 Å². The summed E-state index contributed by atoms with van der Waals surface area (Å²) < 4.78 is 29.6. The van der Waals surface area contributed by atoms with E-state index in [0.29, 0.717) is 16.3 Å². The molecule has 0 atom stereocenters. The number of sulfonamides is 1. The van der Waals surface area contributed by atoms with Gasteiger partial charge in [-0.1, -0.05) is 37.6 Å². The quantitative estimate of drug-likeness (QED) is 0.527. The summed E-state index contributed by atoms with van der Waals surface area (Å²) in [5.41, 5.74) is 1.63. The van der Waals surface area contributed by atoms with E-state index in [1.165, 1.54) is 18.3 Å².